The van der Waals surface area contributed by atoms with Crippen LogP contribution in [0.2, 0.25) is 0 Å². The van der Waals surface area contributed by atoms with Gasteiger partial charge in [-0.25, -0.2) is 8.42 Å². The number of benzene rings is 1. The van der Waals surface area contributed by atoms with Gasteiger partial charge in [-0.05, 0) is 107 Å². The molecule has 1 unspecified atom stereocenters. The summed E-state index contributed by atoms with van der Waals surface area (Å²) in [5, 5.41) is 2.66. The van der Waals surface area contributed by atoms with Crippen LogP contribution in [0.25, 0.3) is 10.9 Å². The fourth-order valence-corrected chi connectivity index (χ4v) is 11.6. The number of nitrogens with one attached hydrogen (secondary N) is 2. The lowest BCUT2D eigenvalue weighted by molar-refractivity contribution is -0.155. The third-order valence-electron chi connectivity index (χ3n) is 13.4. The molecule has 15 heteroatoms. The topological polar surface area (TPSA) is 180 Å². The van der Waals surface area contributed by atoms with E-state index in [1.807, 2.05) is 12.2 Å². The highest BCUT2D eigenvalue weighted by atomic mass is 79.9. The lowest BCUT2D eigenvalue weighted by Gasteiger charge is -2.29. The van der Waals surface area contributed by atoms with Crippen molar-refractivity contribution in [3.05, 3.63) is 57.8 Å². The van der Waals surface area contributed by atoms with Crippen LogP contribution in [0.4, 0.5) is 0 Å². The summed E-state index contributed by atoms with van der Waals surface area (Å²) >= 11 is 3.47. The maximum atomic E-state index is 15.0. The second-order valence-corrected chi connectivity index (χ2v) is 20.0. The molecule has 2 amide bonds. The maximum absolute atomic E-state index is 15.0. The fraction of sp³-hybridized carbons (Fsp3) is 0.619. The number of ketones is 1. The molecule has 5 aliphatic carbocycles. The van der Waals surface area contributed by atoms with Gasteiger partial charge in [0.25, 0.3) is 17.5 Å². The van der Waals surface area contributed by atoms with E-state index in [0.717, 1.165) is 62.3 Å². The Bertz CT molecular complexity index is 2160. The van der Waals surface area contributed by atoms with Crippen molar-refractivity contribution < 1.29 is 37.1 Å². The second-order valence-electron chi connectivity index (χ2n) is 17.1. The molecule has 5 saturated carbocycles. The van der Waals surface area contributed by atoms with E-state index in [4.69, 9.17) is 14.5 Å². The van der Waals surface area contributed by atoms with Crippen LogP contribution in [0, 0.1) is 35.5 Å². The number of carbonyl (C=O) groups is 4. The standard InChI is InChI=1S/C42H51BrN4O9S/c1-2-26-23-42(26,40(52)46-57(53,54)29-15-16-29)45-38(50)33-21-28-20-32(33)37(49)31(24-9-5-6-10-24)22-36(48)56-35-13-8-12-25(35)11-4-3-7-18-47-39(51)30-17-14-27(43)19-34(30)44-41(47)55-28/h2-3,7,14,17,19,24-26,28-29,31-33,35H,1,4-6,8-13,15-16,18,20-23H2,(H,45,50)(H,46,52)/b7-3+/t25-,26+,28+,31+,32?,33-,35-,42-/m1/s1. The number of amides is 2. The van der Waals surface area contributed by atoms with Crippen LogP contribution in [-0.4, -0.2) is 64.5 Å². The first-order valence-electron chi connectivity index (χ1n) is 20.6. The van der Waals surface area contributed by atoms with Gasteiger partial charge >= 0.3 is 5.97 Å². The Morgan fingerprint density at radius 2 is 1.72 bits per heavy atom. The van der Waals surface area contributed by atoms with E-state index in [1.165, 1.54) is 10.6 Å². The van der Waals surface area contributed by atoms with E-state index >= 15 is 0 Å². The summed E-state index contributed by atoms with van der Waals surface area (Å²) in [5.41, 5.74) is -1.40. The largest absolute Gasteiger partial charge is 0.462 e. The zero-order valence-corrected chi connectivity index (χ0v) is 34.4. The van der Waals surface area contributed by atoms with Crippen molar-refractivity contribution in [3.63, 3.8) is 0 Å². The van der Waals surface area contributed by atoms with E-state index in [0.29, 0.717) is 23.7 Å². The molecule has 1 aliphatic heterocycles. The van der Waals surface area contributed by atoms with Crippen molar-refractivity contribution in [3.8, 4) is 6.01 Å². The molecule has 2 bridgehead atoms. The smallest absolute Gasteiger partial charge is 0.306 e. The molecule has 6 aliphatic rings. The van der Waals surface area contributed by atoms with Crippen LogP contribution in [0.1, 0.15) is 96.3 Å². The third kappa shape index (κ3) is 8.24. The highest BCUT2D eigenvalue weighted by molar-refractivity contribution is 9.10. The Balaban J connectivity index is 1.15. The molecule has 0 radical (unpaired) electrons. The molecular weight excluding hydrogens is 816 g/mol. The van der Waals surface area contributed by atoms with Gasteiger partial charge in [-0.1, -0.05) is 47.0 Å². The first-order chi connectivity index (χ1) is 27.4. The molecule has 57 heavy (non-hydrogen) atoms. The van der Waals surface area contributed by atoms with Gasteiger partial charge in [0.1, 0.15) is 23.5 Å². The second kappa shape index (κ2) is 16.1. The average molecular weight is 868 g/mol. The molecule has 8 atom stereocenters. The quantitative estimate of drug-likeness (QED) is 0.269. The summed E-state index contributed by atoms with van der Waals surface area (Å²) in [4.78, 5) is 75.6. The van der Waals surface area contributed by atoms with Crippen molar-refractivity contribution in [2.45, 2.75) is 126 Å². The predicted octanol–water partition coefficient (Wildman–Crippen LogP) is 5.43. The zero-order chi connectivity index (χ0) is 40.1. The number of hydrogen-bond acceptors (Lipinski definition) is 10. The molecule has 2 heterocycles. The molecule has 1 aromatic heterocycles. The number of Topliss-reactive ketones (excluding diaryl/α,β-unsaturated/α-hetero) is 1. The van der Waals surface area contributed by atoms with E-state index < -0.39 is 68.4 Å². The molecule has 2 aromatic rings. The summed E-state index contributed by atoms with van der Waals surface area (Å²) in [6.45, 7) is 4.00. The number of sulfonamides is 1. The summed E-state index contributed by atoms with van der Waals surface area (Å²) in [5.74, 6) is -4.91. The average Bonchev–Trinajstić information content (AvgIpc) is 3.96. The fourth-order valence-electron chi connectivity index (χ4n) is 9.92. The van der Waals surface area contributed by atoms with Crippen molar-refractivity contribution in [1.82, 2.24) is 19.6 Å². The monoisotopic (exact) mass is 866 g/mol. The number of allylic oxidation sites excluding steroid dienone is 2. The molecule has 13 nitrogen and oxygen atoms in total. The molecular formula is C42H51BrN4O9S. The zero-order valence-electron chi connectivity index (χ0n) is 32.0. The number of esters is 1. The number of fused-ring (bicyclic) bond motifs is 5. The Labute approximate surface area is 341 Å². The molecule has 0 saturated heterocycles. The molecule has 0 spiro atoms. The van der Waals surface area contributed by atoms with Gasteiger partial charge in [0, 0.05) is 28.8 Å². The Morgan fingerprint density at radius 1 is 0.947 bits per heavy atom. The van der Waals surface area contributed by atoms with E-state index in [9.17, 15) is 32.4 Å². The summed E-state index contributed by atoms with van der Waals surface area (Å²) < 4.78 is 42.7. The highest BCUT2D eigenvalue weighted by Crippen LogP contribution is 2.47. The number of aromatic nitrogens is 2. The minimum absolute atomic E-state index is 0.0482. The minimum atomic E-state index is -3.90. The van der Waals surface area contributed by atoms with Crippen LogP contribution in [0.15, 0.2) is 52.3 Å². The molecule has 306 valence electrons. The maximum Gasteiger partial charge on any atom is 0.306 e. The van der Waals surface area contributed by atoms with Crippen LogP contribution in [0.5, 0.6) is 6.01 Å². The third-order valence-corrected chi connectivity index (χ3v) is 15.7. The highest BCUT2D eigenvalue weighted by Gasteiger charge is 2.62. The number of halogens is 1. The van der Waals surface area contributed by atoms with Gasteiger partial charge in [-0.2, -0.15) is 4.98 Å². The molecule has 2 N–H and O–H groups in total. The number of carbonyl (C=O) groups excluding carboxylic acids is 4. The molecule has 1 aromatic carbocycles. The first kappa shape index (κ1) is 40.0. The van der Waals surface area contributed by atoms with Gasteiger partial charge in [-0.15, -0.1) is 6.58 Å². The van der Waals surface area contributed by atoms with Crippen LogP contribution < -0.4 is 20.3 Å². The lowest BCUT2D eigenvalue weighted by atomic mass is 9.76. The van der Waals surface area contributed by atoms with E-state index in [2.05, 4.69) is 32.5 Å². The Morgan fingerprint density at radius 3 is 2.46 bits per heavy atom. The SMILES string of the molecule is C=C[C@H]1C[C@]1(NC(=O)[C@@H]1C[C@@H]2CC1C(=O)[C@H](C1CCCC1)CC(=O)O[C@@H]1CCC[C@H]1CC/C=C/Cn1c(nc3cc(Br)ccc3c1=O)O2)C(=O)NS(=O)(=O)C1CC1. The van der Waals surface area contributed by atoms with Crippen LogP contribution in [0.3, 0.4) is 0 Å². The van der Waals surface area contributed by atoms with Crippen molar-refractivity contribution in [1.29, 1.82) is 0 Å². The van der Waals surface area contributed by atoms with Crippen molar-refractivity contribution in [2.24, 2.45) is 35.5 Å². The Kier molecular flexibility index (Phi) is 11.3. The van der Waals surface area contributed by atoms with Gasteiger partial charge in [0.05, 0.1) is 28.5 Å². The van der Waals surface area contributed by atoms with Crippen molar-refractivity contribution >= 4 is 60.4 Å². The normalized spacial score (nSPS) is 32.9. The van der Waals surface area contributed by atoms with Crippen LogP contribution >= 0.6 is 15.9 Å². The van der Waals surface area contributed by atoms with Gasteiger partial charge in [-0.3, -0.25) is 33.3 Å². The number of hydrogen-bond donors (Lipinski definition) is 2. The summed E-state index contributed by atoms with van der Waals surface area (Å²) in [6, 6.07) is 5.30. The number of ether oxygens (including phenoxy) is 2. The summed E-state index contributed by atoms with van der Waals surface area (Å²) in [6.07, 6.45) is 13.4. The van der Waals surface area contributed by atoms with Crippen molar-refractivity contribution in [2.75, 3.05) is 0 Å². The van der Waals surface area contributed by atoms with Gasteiger partial charge < -0.3 is 14.8 Å². The molecule has 5 fully saturated rings. The number of nitrogens with zero attached hydrogens (tertiary/aromatic N) is 2. The van der Waals surface area contributed by atoms with Crippen LogP contribution in [-0.2, 0) is 40.5 Å². The van der Waals surface area contributed by atoms with Gasteiger partial charge in [0.15, 0.2) is 0 Å². The lowest BCUT2D eigenvalue weighted by Crippen LogP contribution is -2.54. The first-order valence-corrected chi connectivity index (χ1v) is 23.0. The minimum Gasteiger partial charge on any atom is -0.462 e. The number of rotatable bonds is 7. The summed E-state index contributed by atoms with van der Waals surface area (Å²) in [7, 11) is -3.90. The van der Waals surface area contributed by atoms with E-state index in [1.54, 1.807) is 18.2 Å². The van der Waals surface area contributed by atoms with E-state index in [-0.39, 0.29) is 67.5 Å². The van der Waals surface area contributed by atoms with Gasteiger partial charge in [0.2, 0.25) is 15.9 Å². The Hall–Kier alpha value is -3.85. The predicted molar refractivity (Wildman–Crippen MR) is 214 cm³/mol. The molecule has 8 rings (SSSR count).